The minimum atomic E-state index is -0.00669. The molecule has 0 spiro atoms. The van der Waals surface area contributed by atoms with Crippen molar-refractivity contribution in [3.05, 3.63) is 47.6 Å². The van der Waals surface area contributed by atoms with Crippen molar-refractivity contribution in [3.8, 4) is 0 Å². The zero-order valence-electron chi connectivity index (χ0n) is 11.1. The molecule has 20 heavy (non-hydrogen) atoms. The van der Waals surface area contributed by atoms with Crippen LogP contribution < -0.4 is 0 Å². The first kappa shape index (κ1) is 13.0. The summed E-state index contributed by atoms with van der Waals surface area (Å²) in [4.78, 5) is 16.4. The number of carbonyl (C=O) groups is 1. The number of nitrogens with zero attached hydrogens (tertiary/aromatic N) is 2. The molecule has 2 heterocycles. The van der Waals surface area contributed by atoms with E-state index in [4.69, 9.17) is 9.26 Å². The quantitative estimate of drug-likeness (QED) is 0.799. The summed E-state index contributed by atoms with van der Waals surface area (Å²) >= 11 is 0. The first-order valence-electron chi connectivity index (χ1n) is 6.81. The third kappa shape index (κ3) is 2.93. The van der Waals surface area contributed by atoms with Crippen LogP contribution in [-0.2, 0) is 11.2 Å². The molecule has 1 fully saturated rings. The summed E-state index contributed by atoms with van der Waals surface area (Å²) in [5.41, 5.74) is 0.665. The molecule has 1 aliphatic rings. The van der Waals surface area contributed by atoms with Gasteiger partial charge in [0, 0.05) is 24.7 Å². The molecular weight excluding hydrogens is 256 g/mol. The summed E-state index contributed by atoms with van der Waals surface area (Å²) in [5, 5.41) is 3.99. The number of aromatic nitrogens is 2. The van der Waals surface area contributed by atoms with Crippen LogP contribution in [0.5, 0.6) is 0 Å². The molecule has 0 bridgehead atoms. The van der Waals surface area contributed by atoms with Gasteiger partial charge in [0.25, 0.3) is 0 Å². The van der Waals surface area contributed by atoms with Crippen LogP contribution in [0.4, 0.5) is 0 Å². The van der Waals surface area contributed by atoms with E-state index in [1.807, 2.05) is 18.2 Å². The predicted molar refractivity (Wildman–Crippen MR) is 71.6 cm³/mol. The van der Waals surface area contributed by atoms with E-state index >= 15 is 0 Å². The highest BCUT2D eigenvalue weighted by Crippen LogP contribution is 2.24. The minimum Gasteiger partial charge on any atom is -0.381 e. The van der Waals surface area contributed by atoms with Crippen molar-refractivity contribution in [2.24, 2.45) is 0 Å². The maximum absolute atomic E-state index is 12.1. The summed E-state index contributed by atoms with van der Waals surface area (Å²) in [6, 6.07) is 9.14. The molecule has 5 nitrogen and oxygen atoms in total. The second kappa shape index (κ2) is 5.96. The van der Waals surface area contributed by atoms with Gasteiger partial charge in [0.15, 0.2) is 11.6 Å². The molecule has 0 amide bonds. The van der Waals surface area contributed by atoms with Gasteiger partial charge in [0.1, 0.15) is 0 Å². The van der Waals surface area contributed by atoms with Gasteiger partial charge < -0.3 is 9.26 Å². The smallest absolute Gasteiger partial charge is 0.234 e. The molecule has 0 aliphatic carbocycles. The lowest BCUT2D eigenvalue weighted by Crippen LogP contribution is -2.15. The Bertz CT molecular complexity index is 574. The van der Waals surface area contributed by atoms with Crippen molar-refractivity contribution in [2.45, 2.75) is 25.2 Å². The predicted octanol–water partition coefficient (Wildman–Crippen LogP) is 2.39. The molecule has 1 saturated heterocycles. The highest BCUT2D eigenvalue weighted by molar-refractivity contribution is 5.96. The number of ether oxygens (including phenoxy) is 1. The van der Waals surface area contributed by atoms with Crippen LogP contribution in [0.3, 0.4) is 0 Å². The van der Waals surface area contributed by atoms with Gasteiger partial charge in [-0.3, -0.25) is 4.79 Å². The lowest BCUT2D eigenvalue weighted by atomic mass is 10.00. The second-order valence-corrected chi connectivity index (χ2v) is 4.90. The molecule has 2 aromatic rings. The van der Waals surface area contributed by atoms with Crippen LogP contribution >= 0.6 is 0 Å². The van der Waals surface area contributed by atoms with Crippen molar-refractivity contribution in [3.63, 3.8) is 0 Å². The summed E-state index contributed by atoms with van der Waals surface area (Å²) in [5.74, 6) is 1.37. The summed E-state index contributed by atoms with van der Waals surface area (Å²) in [7, 11) is 0. The van der Waals surface area contributed by atoms with E-state index in [0.29, 0.717) is 17.3 Å². The molecule has 0 radical (unpaired) electrons. The molecule has 3 rings (SSSR count). The first-order chi connectivity index (χ1) is 9.83. The van der Waals surface area contributed by atoms with Crippen molar-refractivity contribution < 1.29 is 14.1 Å². The van der Waals surface area contributed by atoms with Crippen LogP contribution in [0, 0.1) is 0 Å². The molecule has 0 unspecified atom stereocenters. The minimum absolute atomic E-state index is 0.00669. The van der Waals surface area contributed by atoms with Gasteiger partial charge >= 0.3 is 0 Å². The third-order valence-corrected chi connectivity index (χ3v) is 3.48. The highest BCUT2D eigenvalue weighted by Gasteiger charge is 2.22. The Labute approximate surface area is 116 Å². The standard InChI is InChI=1S/C15H16N2O3/c18-13(11-4-2-1-3-5-11)10-14-16-15(17-20-14)12-6-8-19-9-7-12/h1-5,12H,6-10H2. The fourth-order valence-electron chi connectivity index (χ4n) is 2.32. The molecule has 5 heteroatoms. The van der Waals surface area contributed by atoms with Crippen LogP contribution in [0.2, 0.25) is 0 Å². The zero-order chi connectivity index (χ0) is 13.8. The molecule has 1 aliphatic heterocycles. The fraction of sp³-hybridized carbons (Fsp3) is 0.400. The summed E-state index contributed by atoms with van der Waals surface area (Å²) in [6.07, 6.45) is 1.97. The second-order valence-electron chi connectivity index (χ2n) is 4.90. The number of hydrogen-bond donors (Lipinski definition) is 0. The molecule has 0 N–H and O–H groups in total. The lowest BCUT2D eigenvalue weighted by molar-refractivity contribution is 0.0830. The monoisotopic (exact) mass is 272 g/mol. The zero-order valence-corrected chi connectivity index (χ0v) is 11.1. The fourth-order valence-corrected chi connectivity index (χ4v) is 2.32. The Morgan fingerprint density at radius 3 is 2.70 bits per heavy atom. The average Bonchev–Trinajstić information content (AvgIpc) is 2.97. The van der Waals surface area contributed by atoms with Gasteiger partial charge in [-0.15, -0.1) is 0 Å². The Kier molecular flexibility index (Phi) is 3.87. The van der Waals surface area contributed by atoms with E-state index in [2.05, 4.69) is 10.1 Å². The molecular formula is C15H16N2O3. The Morgan fingerprint density at radius 1 is 1.20 bits per heavy atom. The third-order valence-electron chi connectivity index (χ3n) is 3.48. The van der Waals surface area contributed by atoms with Crippen molar-refractivity contribution in [1.82, 2.24) is 10.1 Å². The molecule has 1 aromatic heterocycles. The average molecular weight is 272 g/mol. The van der Waals surface area contributed by atoms with Crippen LogP contribution in [0.15, 0.2) is 34.9 Å². The first-order valence-corrected chi connectivity index (χ1v) is 6.81. The normalized spacial score (nSPS) is 16.2. The number of Topliss-reactive ketones (excluding diaryl/α,β-unsaturated/α-hetero) is 1. The van der Waals surface area contributed by atoms with Gasteiger partial charge in [-0.2, -0.15) is 4.98 Å². The molecule has 0 saturated carbocycles. The summed E-state index contributed by atoms with van der Waals surface area (Å²) in [6.45, 7) is 1.47. The summed E-state index contributed by atoms with van der Waals surface area (Å²) < 4.78 is 10.5. The van der Waals surface area contributed by atoms with Gasteiger partial charge in [-0.05, 0) is 12.8 Å². The number of hydrogen-bond acceptors (Lipinski definition) is 5. The Morgan fingerprint density at radius 2 is 1.95 bits per heavy atom. The van der Waals surface area contributed by atoms with E-state index in [1.165, 1.54) is 0 Å². The lowest BCUT2D eigenvalue weighted by Gasteiger charge is -2.18. The van der Waals surface area contributed by atoms with Crippen molar-refractivity contribution in [1.29, 1.82) is 0 Å². The molecule has 0 atom stereocenters. The molecule has 104 valence electrons. The van der Waals surface area contributed by atoms with Gasteiger partial charge in [-0.1, -0.05) is 35.5 Å². The maximum Gasteiger partial charge on any atom is 0.234 e. The molecule has 1 aromatic carbocycles. The Hall–Kier alpha value is -2.01. The van der Waals surface area contributed by atoms with Crippen LogP contribution in [-0.4, -0.2) is 29.1 Å². The van der Waals surface area contributed by atoms with Crippen LogP contribution in [0.25, 0.3) is 0 Å². The van der Waals surface area contributed by atoms with E-state index in [-0.39, 0.29) is 18.1 Å². The number of rotatable bonds is 4. The van der Waals surface area contributed by atoms with E-state index < -0.39 is 0 Å². The van der Waals surface area contributed by atoms with E-state index in [1.54, 1.807) is 12.1 Å². The number of carbonyl (C=O) groups excluding carboxylic acids is 1. The van der Waals surface area contributed by atoms with Crippen molar-refractivity contribution >= 4 is 5.78 Å². The highest BCUT2D eigenvalue weighted by atomic mass is 16.5. The largest absolute Gasteiger partial charge is 0.381 e. The topological polar surface area (TPSA) is 65.2 Å². The maximum atomic E-state index is 12.1. The number of benzene rings is 1. The van der Waals surface area contributed by atoms with Crippen molar-refractivity contribution in [2.75, 3.05) is 13.2 Å². The van der Waals surface area contributed by atoms with E-state index in [0.717, 1.165) is 26.1 Å². The van der Waals surface area contributed by atoms with Crippen LogP contribution in [0.1, 0.15) is 40.8 Å². The number of ketones is 1. The van der Waals surface area contributed by atoms with Gasteiger partial charge in [0.05, 0.1) is 6.42 Å². The van der Waals surface area contributed by atoms with E-state index in [9.17, 15) is 4.79 Å². The SMILES string of the molecule is O=C(Cc1nc(C2CCOCC2)no1)c1ccccc1. The Balaban J connectivity index is 1.66. The van der Waals surface area contributed by atoms with Gasteiger partial charge in [0.2, 0.25) is 5.89 Å². The van der Waals surface area contributed by atoms with Gasteiger partial charge in [-0.25, -0.2) is 0 Å².